The van der Waals surface area contributed by atoms with E-state index >= 15 is 0 Å². The molecular weight excluding hydrogens is 372 g/mol. The summed E-state index contributed by atoms with van der Waals surface area (Å²) in [5.74, 6) is 0.0476. The Hall–Kier alpha value is -1.73. The van der Waals surface area contributed by atoms with E-state index in [1.165, 1.54) is 11.1 Å². The third-order valence-electron chi connectivity index (χ3n) is 5.05. The Bertz CT molecular complexity index is 778. The van der Waals surface area contributed by atoms with Gasteiger partial charge in [-0.1, -0.05) is 60.7 Å². The number of nitrogens with zero attached hydrogens (tertiary/aromatic N) is 2. The minimum absolute atomic E-state index is 0.0459. The van der Waals surface area contributed by atoms with Crippen LogP contribution in [-0.4, -0.2) is 62.3 Å². The van der Waals surface area contributed by atoms with Gasteiger partial charge in [0.25, 0.3) is 0 Å². The van der Waals surface area contributed by atoms with E-state index in [1.54, 1.807) is 4.31 Å². The van der Waals surface area contributed by atoms with Crippen LogP contribution >= 0.6 is 0 Å². The summed E-state index contributed by atoms with van der Waals surface area (Å²) in [5.41, 5.74) is 2.46. The molecule has 0 N–H and O–H groups in total. The Balaban J connectivity index is 1.69. The smallest absolute Gasteiger partial charge is 0.216 e. The van der Waals surface area contributed by atoms with Crippen LogP contribution in [0.3, 0.4) is 0 Å². The molecule has 1 aliphatic heterocycles. The Morgan fingerprint density at radius 3 is 1.82 bits per heavy atom. The summed E-state index contributed by atoms with van der Waals surface area (Å²) >= 11 is 0. The van der Waals surface area contributed by atoms with Crippen LogP contribution in [-0.2, 0) is 14.8 Å². The number of ether oxygens (including phenoxy) is 1. The van der Waals surface area contributed by atoms with E-state index in [9.17, 15) is 8.42 Å². The molecule has 0 unspecified atom stereocenters. The van der Waals surface area contributed by atoms with Gasteiger partial charge in [0.2, 0.25) is 10.0 Å². The first kappa shape index (κ1) is 21.0. The van der Waals surface area contributed by atoms with E-state index in [2.05, 4.69) is 53.4 Å². The highest BCUT2D eigenvalue weighted by Crippen LogP contribution is 2.29. The average molecular weight is 403 g/mol. The summed E-state index contributed by atoms with van der Waals surface area (Å²) in [5, 5.41) is 0. The molecule has 6 heteroatoms. The summed E-state index contributed by atoms with van der Waals surface area (Å²) in [4.78, 5) is 2.38. The van der Waals surface area contributed by atoms with E-state index in [0.717, 1.165) is 0 Å². The summed E-state index contributed by atoms with van der Waals surface area (Å²) in [6.45, 7) is 6.52. The summed E-state index contributed by atoms with van der Waals surface area (Å²) in [6.07, 6.45) is 0.0459. The minimum Gasteiger partial charge on any atom is -0.378 e. The quantitative estimate of drug-likeness (QED) is 0.681. The van der Waals surface area contributed by atoms with Crippen molar-refractivity contribution in [2.75, 3.05) is 38.5 Å². The van der Waals surface area contributed by atoms with Crippen molar-refractivity contribution < 1.29 is 13.2 Å². The Labute approximate surface area is 169 Å². The monoisotopic (exact) mass is 402 g/mol. The Kier molecular flexibility index (Phi) is 7.24. The molecule has 1 aliphatic rings. The van der Waals surface area contributed by atoms with Crippen LogP contribution in [0, 0.1) is 0 Å². The molecule has 152 valence electrons. The van der Waals surface area contributed by atoms with Crippen molar-refractivity contribution in [2.45, 2.75) is 26.0 Å². The summed E-state index contributed by atoms with van der Waals surface area (Å²) in [6, 6.07) is 21.0. The second kappa shape index (κ2) is 9.65. The standard InChI is InChI=1S/C22H30N2O3S/c1-19(2)27-17-18-28(25,26)24-15-13-23(14-16-24)22(20-9-5-3-6-10-20)21-11-7-4-8-12-21/h3-12,19,22H,13-18H2,1-2H3. The second-order valence-corrected chi connectivity index (χ2v) is 9.48. The fourth-order valence-electron chi connectivity index (χ4n) is 3.64. The number of hydrogen-bond donors (Lipinski definition) is 0. The maximum absolute atomic E-state index is 12.6. The van der Waals surface area contributed by atoms with Gasteiger partial charge in [0.05, 0.1) is 24.5 Å². The predicted molar refractivity (Wildman–Crippen MR) is 113 cm³/mol. The van der Waals surface area contributed by atoms with Gasteiger partial charge in [0, 0.05) is 26.2 Å². The van der Waals surface area contributed by atoms with Gasteiger partial charge in [-0.15, -0.1) is 0 Å². The first-order valence-electron chi connectivity index (χ1n) is 9.91. The molecule has 0 amide bonds. The fraction of sp³-hybridized carbons (Fsp3) is 0.455. The SMILES string of the molecule is CC(C)OCCS(=O)(=O)N1CCN(C(c2ccccc2)c2ccccc2)CC1. The van der Waals surface area contributed by atoms with E-state index in [4.69, 9.17) is 4.74 Å². The van der Waals surface area contributed by atoms with E-state index in [1.807, 2.05) is 26.0 Å². The lowest BCUT2D eigenvalue weighted by Gasteiger charge is -2.39. The minimum atomic E-state index is -3.28. The van der Waals surface area contributed by atoms with Crippen LogP contribution < -0.4 is 0 Å². The Morgan fingerprint density at radius 1 is 0.857 bits per heavy atom. The van der Waals surface area contributed by atoms with Crippen molar-refractivity contribution in [2.24, 2.45) is 0 Å². The second-order valence-electron chi connectivity index (χ2n) is 7.39. The zero-order valence-electron chi connectivity index (χ0n) is 16.7. The molecule has 3 rings (SSSR count). The van der Waals surface area contributed by atoms with Crippen LogP contribution in [0.15, 0.2) is 60.7 Å². The molecule has 0 aromatic heterocycles. The number of hydrogen-bond acceptors (Lipinski definition) is 4. The number of sulfonamides is 1. The molecule has 0 spiro atoms. The van der Waals surface area contributed by atoms with Crippen molar-refractivity contribution in [3.63, 3.8) is 0 Å². The van der Waals surface area contributed by atoms with Crippen molar-refractivity contribution in [3.8, 4) is 0 Å². The van der Waals surface area contributed by atoms with Crippen molar-refractivity contribution >= 4 is 10.0 Å². The predicted octanol–water partition coefficient (Wildman–Crippen LogP) is 3.15. The van der Waals surface area contributed by atoms with Gasteiger partial charge in [-0.05, 0) is 25.0 Å². The van der Waals surface area contributed by atoms with Crippen molar-refractivity contribution in [1.82, 2.24) is 9.21 Å². The molecule has 2 aromatic carbocycles. The topological polar surface area (TPSA) is 49.9 Å². The van der Waals surface area contributed by atoms with Gasteiger partial charge in [-0.25, -0.2) is 8.42 Å². The zero-order valence-corrected chi connectivity index (χ0v) is 17.5. The highest BCUT2D eigenvalue weighted by molar-refractivity contribution is 7.89. The van der Waals surface area contributed by atoms with Crippen LogP contribution in [0.4, 0.5) is 0 Å². The van der Waals surface area contributed by atoms with Crippen molar-refractivity contribution in [1.29, 1.82) is 0 Å². The first-order chi connectivity index (χ1) is 13.5. The van der Waals surface area contributed by atoms with E-state index in [-0.39, 0.29) is 24.5 Å². The molecule has 2 aromatic rings. The third-order valence-corrected chi connectivity index (χ3v) is 6.89. The molecule has 0 radical (unpaired) electrons. The fourth-order valence-corrected chi connectivity index (χ4v) is 4.93. The van der Waals surface area contributed by atoms with Crippen molar-refractivity contribution in [3.05, 3.63) is 71.8 Å². The van der Waals surface area contributed by atoms with E-state index < -0.39 is 10.0 Å². The highest BCUT2D eigenvalue weighted by Gasteiger charge is 2.31. The van der Waals surface area contributed by atoms with Gasteiger partial charge in [-0.3, -0.25) is 4.90 Å². The van der Waals surface area contributed by atoms with Crippen LogP contribution in [0.2, 0.25) is 0 Å². The zero-order chi connectivity index (χ0) is 20.0. The molecule has 1 fully saturated rings. The number of benzene rings is 2. The summed E-state index contributed by atoms with van der Waals surface area (Å²) < 4.78 is 32.3. The Morgan fingerprint density at radius 2 is 1.36 bits per heavy atom. The van der Waals surface area contributed by atoms with Crippen LogP contribution in [0.1, 0.15) is 31.0 Å². The van der Waals surface area contributed by atoms with Gasteiger partial charge in [0.1, 0.15) is 0 Å². The molecule has 0 atom stereocenters. The molecule has 1 saturated heterocycles. The van der Waals surface area contributed by atoms with E-state index in [0.29, 0.717) is 26.2 Å². The maximum Gasteiger partial charge on any atom is 0.216 e. The molecule has 0 saturated carbocycles. The van der Waals surface area contributed by atoms with Crippen LogP contribution in [0.25, 0.3) is 0 Å². The molecular formula is C22H30N2O3S. The lowest BCUT2D eigenvalue weighted by atomic mass is 9.96. The number of piperazine rings is 1. The largest absolute Gasteiger partial charge is 0.378 e. The normalized spacial score (nSPS) is 16.7. The van der Waals surface area contributed by atoms with Crippen LogP contribution in [0.5, 0.6) is 0 Å². The highest BCUT2D eigenvalue weighted by atomic mass is 32.2. The van der Waals surface area contributed by atoms with Gasteiger partial charge in [0.15, 0.2) is 0 Å². The summed E-state index contributed by atoms with van der Waals surface area (Å²) in [7, 11) is -3.28. The molecule has 0 aliphatic carbocycles. The molecule has 0 bridgehead atoms. The average Bonchev–Trinajstić information content (AvgIpc) is 2.70. The first-order valence-corrected chi connectivity index (χ1v) is 11.5. The molecule has 5 nitrogen and oxygen atoms in total. The van der Waals surface area contributed by atoms with Gasteiger partial charge in [-0.2, -0.15) is 4.31 Å². The third kappa shape index (κ3) is 5.41. The lowest BCUT2D eigenvalue weighted by molar-refractivity contribution is 0.0900. The molecule has 1 heterocycles. The van der Waals surface area contributed by atoms with Gasteiger partial charge >= 0.3 is 0 Å². The molecule has 28 heavy (non-hydrogen) atoms. The maximum atomic E-state index is 12.6. The number of rotatable bonds is 8. The lowest BCUT2D eigenvalue weighted by Crippen LogP contribution is -2.50. The van der Waals surface area contributed by atoms with Gasteiger partial charge < -0.3 is 4.74 Å².